The summed E-state index contributed by atoms with van der Waals surface area (Å²) in [6.07, 6.45) is 0. The number of nitrogens with zero attached hydrogens (tertiary/aromatic N) is 2. The molecule has 72 valence electrons. The Hall–Kier alpha value is -1.01. The molecule has 0 atom stereocenters. The molecular weight excluding hydrogens is 268 g/mol. The molecule has 0 unspecified atom stereocenters. The normalized spacial score (nSPS) is 10.7. The first-order valence-electron chi connectivity index (χ1n) is 3.75. The zero-order chi connectivity index (χ0) is 10.3. The van der Waals surface area contributed by atoms with E-state index in [0.29, 0.717) is 11.3 Å². The number of hydrogen-bond acceptors (Lipinski definition) is 4. The molecule has 0 bridgehead atoms. The third-order valence-corrected chi connectivity index (χ3v) is 3.35. The summed E-state index contributed by atoms with van der Waals surface area (Å²) in [4.78, 5) is 14.9. The maximum Gasteiger partial charge on any atom is 0.337 e. The van der Waals surface area contributed by atoms with Gasteiger partial charge in [0.1, 0.15) is 3.79 Å². The van der Waals surface area contributed by atoms with Gasteiger partial charge in [0.15, 0.2) is 5.65 Å². The Labute approximate surface area is 91.9 Å². The van der Waals surface area contributed by atoms with Gasteiger partial charge in [-0.25, -0.2) is 9.78 Å². The van der Waals surface area contributed by atoms with Gasteiger partial charge in [-0.15, -0.1) is 0 Å². The van der Waals surface area contributed by atoms with E-state index in [2.05, 4.69) is 25.3 Å². The van der Waals surface area contributed by atoms with Gasteiger partial charge in [0.05, 0.1) is 11.3 Å². The minimum absolute atomic E-state index is 0.221. The number of aryl methyl sites for hydroxylation is 1. The molecule has 0 fully saturated rings. The van der Waals surface area contributed by atoms with Gasteiger partial charge in [-0.1, -0.05) is 0 Å². The first-order chi connectivity index (χ1) is 6.59. The standard InChI is InChI=1S/C8H5BrN2O2S/c1-3-4(8(12)13)2-5-6(9)14-11-7(5)10-3/h2H,1H3,(H,12,13). The van der Waals surface area contributed by atoms with Crippen molar-refractivity contribution in [3.63, 3.8) is 0 Å². The summed E-state index contributed by atoms with van der Waals surface area (Å²) >= 11 is 4.56. The molecule has 0 aliphatic carbocycles. The third-order valence-electron chi connectivity index (χ3n) is 1.85. The van der Waals surface area contributed by atoms with E-state index < -0.39 is 5.97 Å². The predicted octanol–water partition coefficient (Wildman–Crippen LogP) is 2.46. The van der Waals surface area contributed by atoms with Crippen LogP contribution in [-0.4, -0.2) is 20.4 Å². The second-order valence-corrected chi connectivity index (χ2v) is 4.85. The van der Waals surface area contributed by atoms with Crippen molar-refractivity contribution in [2.75, 3.05) is 0 Å². The monoisotopic (exact) mass is 272 g/mol. The van der Waals surface area contributed by atoms with E-state index in [0.717, 1.165) is 9.17 Å². The number of carboxylic acids is 1. The predicted molar refractivity (Wildman–Crippen MR) is 56.8 cm³/mol. The summed E-state index contributed by atoms with van der Waals surface area (Å²) in [5, 5.41) is 9.63. The van der Waals surface area contributed by atoms with Gasteiger partial charge in [0.2, 0.25) is 0 Å². The van der Waals surface area contributed by atoms with Gasteiger partial charge >= 0.3 is 5.97 Å². The number of aromatic nitrogens is 2. The highest BCUT2D eigenvalue weighted by Crippen LogP contribution is 2.28. The van der Waals surface area contributed by atoms with Crippen molar-refractivity contribution in [2.45, 2.75) is 6.92 Å². The van der Waals surface area contributed by atoms with Crippen molar-refractivity contribution in [3.8, 4) is 0 Å². The fourth-order valence-corrected chi connectivity index (χ4v) is 2.22. The molecule has 4 nitrogen and oxygen atoms in total. The Kier molecular flexibility index (Phi) is 2.24. The summed E-state index contributed by atoms with van der Waals surface area (Å²) < 4.78 is 4.88. The van der Waals surface area contributed by atoms with Gasteiger partial charge in [-0.2, -0.15) is 4.37 Å². The first kappa shape index (κ1) is 9.54. The van der Waals surface area contributed by atoms with Crippen molar-refractivity contribution in [1.29, 1.82) is 0 Å². The zero-order valence-corrected chi connectivity index (χ0v) is 9.52. The molecule has 0 aromatic carbocycles. The van der Waals surface area contributed by atoms with Crippen LogP contribution in [0, 0.1) is 6.92 Å². The van der Waals surface area contributed by atoms with Crippen molar-refractivity contribution >= 4 is 44.5 Å². The Morgan fingerprint density at radius 2 is 2.36 bits per heavy atom. The molecule has 2 heterocycles. The molecule has 0 aliphatic heterocycles. The van der Waals surface area contributed by atoms with Crippen LogP contribution in [0.5, 0.6) is 0 Å². The van der Waals surface area contributed by atoms with Crippen LogP contribution in [0.1, 0.15) is 16.1 Å². The van der Waals surface area contributed by atoms with Gasteiger partial charge in [0.25, 0.3) is 0 Å². The first-order valence-corrected chi connectivity index (χ1v) is 5.32. The zero-order valence-electron chi connectivity index (χ0n) is 7.11. The summed E-state index contributed by atoms with van der Waals surface area (Å²) in [5.41, 5.74) is 1.30. The number of carboxylic acid groups (broad SMARTS) is 1. The molecule has 0 saturated heterocycles. The quantitative estimate of drug-likeness (QED) is 0.866. The van der Waals surface area contributed by atoms with Gasteiger partial charge in [-0.05, 0) is 40.5 Å². The average Bonchev–Trinajstić information content (AvgIpc) is 2.46. The molecule has 0 spiro atoms. The highest BCUT2D eigenvalue weighted by molar-refractivity contribution is 9.11. The summed E-state index contributed by atoms with van der Waals surface area (Å²) in [6.45, 7) is 1.66. The maximum atomic E-state index is 10.8. The SMILES string of the molecule is Cc1nc2nsc(Br)c2cc1C(=O)O. The van der Waals surface area contributed by atoms with Crippen LogP contribution >= 0.6 is 27.5 Å². The Morgan fingerprint density at radius 3 is 3.00 bits per heavy atom. The van der Waals surface area contributed by atoms with Gasteiger partial charge in [0, 0.05) is 5.39 Å². The lowest BCUT2D eigenvalue weighted by Crippen LogP contribution is -2.01. The number of fused-ring (bicyclic) bond motifs is 1. The molecular formula is C8H5BrN2O2S. The van der Waals surface area contributed by atoms with E-state index >= 15 is 0 Å². The van der Waals surface area contributed by atoms with Crippen LogP contribution in [0.25, 0.3) is 11.0 Å². The number of carbonyl (C=O) groups is 1. The molecule has 14 heavy (non-hydrogen) atoms. The van der Waals surface area contributed by atoms with Crippen molar-refractivity contribution in [3.05, 3.63) is 21.1 Å². The van der Waals surface area contributed by atoms with E-state index in [1.807, 2.05) is 0 Å². The molecule has 0 radical (unpaired) electrons. The average molecular weight is 273 g/mol. The second kappa shape index (κ2) is 3.29. The van der Waals surface area contributed by atoms with Crippen LogP contribution in [-0.2, 0) is 0 Å². The van der Waals surface area contributed by atoms with Crippen molar-refractivity contribution in [1.82, 2.24) is 9.36 Å². The number of pyridine rings is 1. The summed E-state index contributed by atoms with van der Waals surface area (Å²) in [5.74, 6) is -0.963. The summed E-state index contributed by atoms with van der Waals surface area (Å²) in [6, 6.07) is 1.59. The lowest BCUT2D eigenvalue weighted by atomic mass is 10.2. The number of hydrogen-bond donors (Lipinski definition) is 1. The lowest BCUT2D eigenvalue weighted by Gasteiger charge is -1.98. The van der Waals surface area contributed by atoms with Crippen LogP contribution in [0.4, 0.5) is 0 Å². The maximum absolute atomic E-state index is 10.8. The van der Waals surface area contributed by atoms with E-state index in [-0.39, 0.29) is 5.56 Å². The van der Waals surface area contributed by atoms with E-state index in [1.165, 1.54) is 11.5 Å². The number of rotatable bonds is 1. The Balaban J connectivity index is 2.80. The van der Waals surface area contributed by atoms with Crippen molar-refractivity contribution in [2.24, 2.45) is 0 Å². The van der Waals surface area contributed by atoms with E-state index in [4.69, 9.17) is 5.11 Å². The second-order valence-electron chi connectivity index (χ2n) is 2.75. The molecule has 2 rings (SSSR count). The van der Waals surface area contributed by atoms with Gasteiger partial charge in [-0.3, -0.25) is 0 Å². The molecule has 6 heteroatoms. The molecule has 2 aromatic rings. The Bertz CT molecular complexity index is 523. The minimum atomic E-state index is -0.963. The highest BCUT2D eigenvalue weighted by atomic mass is 79.9. The van der Waals surface area contributed by atoms with Gasteiger partial charge < -0.3 is 5.11 Å². The van der Waals surface area contributed by atoms with Crippen molar-refractivity contribution < 1.29 is 9.90 Å². The van der Waals surface area contributed by atoms with Crippen LogP contribution in [0.3, 0.4) is 0 Å². The number of aromatic carboxylic acids is 1. The molecule has 0 aliphatic rings. The van der Waals surface area contributed by atoms with Crippen LogP contribution in [0.2, 0.25) is 0 Å². The largest absolute Gasteiger partial charge is 0.478 e. The molecule has 0 saturated carbocycles. The lowest BCUT2D eigenvalue weighted by molar-refractivity contribution is 0.0696. The topological polar surface area (TPSA) is 63.1 Å². The smallest absolute Gasteiger partial charge is 0.337 e. The molecule has 0 amide bonds. The van der Waals surface area contributed by atoms with E-state index in [1.54, 1.807) is 13.0 Å². The highest BCUT2D eigenvalue weighted by Gasteiger charge is 2.13. The third kappa shape index (κ3) is 1.40. The minimum Gasteiger partial charge on any atom is -0.478 e. The summed E-state index contributed by atoms with van der Waals surface area (Å²) in [7, 11) is 0. The van der Waals surface area contributed by atoms with Crippen LogP contribution in [0.15, 0.2) is 9.85 Å². The molecule has 2 aromatic heterocycles. The molecule has 1 N–H and O–H groups in total. The fraction of sp³-hybridized carbons (Fsp3) is 0.125. The number of halogens is 1. The van der Waals surface area contributed by atoms with Crippen LogP contribution < -0.4 is 0 Å². The fourth-order valence-electron chi connectivity index (χ4n) is 1.16. The van der Waals surface area contributed by atoms with E-state index in [9.17, 15) is 4.79 Å². The Morgan fingerprint density at radius 1 is 1.64 bits per heavy atom.